The van der Waals surface area contributed by atoms with Crippen LogP contribution in [0.1, 0.15) is 35.7 Å². The number of carbonyl (C=O) groups is 3. The first kappa shape index (κ1) is 21.6. The Bertz CT molecular complexity index is 1090. The Morgan fingerprint density at radius 2 is 2.03 bits per heavy atom. The van der Waals surface area contributed by atoms with Crippen molar-refractivity contribution < 1.29 is 33.2 Å². The Morgan fingerprint density at radius 1 is 1.29 bits per heavy atom. The highest BCUT2D eigenvalue weighted by Gasteiger charge is 2.34. The van der Waals surface area contributed by atoms with Gasteiger partial charge in [-0.3, -0.25) is 19.8 Å². The second kappa shape index (κ2) is 8.69. The van der Waals surface area contributed by atoms with Gasteiger partial charge < -0.3 is 19.2 Å². The van der Waals surface area contributed by atoms with Crippen molar-refractivity contribution in [2.75, 3.05) is 7.11 Å². The van der Waals surface area contributed by atoms with E-state index in [0.717, 1.165) is 4.90 Å². The highest BCUT2D eigenvalue weighted by Crippen LogP contribution is 2.30. The van der Waals surface area contributed by atoms with Crippen LogP contribution in [0.15, 0.2) is 40.4 Å². The fourth-order valence-electron chi connectivity index (χ4n) is 2.83. The van der Waals surface area contributed by atoms with Gasteiger partial charge in [-0.1, -0.05) is 6.07 Å². The molecule has 0 atom stereocenters. The van der Waals surface area contributed by atoms with Crippen molar-refractivity contribution in [3.05, 3.63) is 63.2 Å². The molecule has 0 saturated carbocycles. The zero-order valence-corrected chi connectivity index (χ0v) is 16.9. The van der Waals surface area contributed by atoms with Gasteiger partial charge in [-0.25, -0.2) is 9.59 Å². The number of nitro groups is 1. The highest BCUT2D eigenvalue weighted by molar-refractivity contribution is 6.13. The number of imide groups is 1. The Hall–Kier alpha value is -4.15. The molecule has 2 heterocycles. The van der Waals surface area contributed by atoms with E-state index in [2.05, 4.69) is 10.1 Å². The quantitative estimate of drug-likeness (QED) is 0.233. The number of rotatable bonds is 7. The number of nitrogens with zero attached hydrogens (tertiary/aromatic N) is 2. The number of nitrogens with one attached hydrogen (secondary N) is 1. The minimum absolute atomic E-state index is 0.0587. The van der Waals surface area contributed by atoms with E-state index in [4.69, 9.17) is 9.15 Å². The fraction of sp³-hybridized carbons (Fsp3) is 0.250. The first-order valence-corrected chi connectivity index (χ1v) is 9.16. The van der Waals surface area contributed by atoms with E-state index in [1.165, 1.54) is 43.5 Å². The number of ether oxygens (including phenoxy) is 2. The van der Waals surface area contributed by atoms with Crippen molar-refractivity contribution in [3.8, 4) is 5.75 Å². The minimum Gasteiger partial charge on any atom is -0.484 e. The Kier molecular flexibility index (Phi) is 6.05. The standard InChI is InChI=1S/C20H19N3O8/c1-11(2)30-16-6-4-12(9-15(16)23(27)28)8-14-18(24)22(20(26)21-14)10-13-5-7-17(31-13)19(25)29-3/h4-9,11H,10H2,1-3H3,(H,21,26). The number of amides is 3. The molecular formula is C20H19N3O8. The molecule has 0 bridgehead atoms. The molecule has 3 amide bonds. The van der Waals surface area contributed by atoms with Crippen LogP contribution in [0.25, 0.3) is 6.08 Å². The number of esters is 1. The topological polar surface area (TPSA) is 141 Å². The normalized spacial score (nSPS) is 14.8. The summed E-state index contributed by atoms with van der Waals surface area (Å²) in [5.74, 6) is -1.08. The summed E-state index contributed by atoms with van der Waals surface area (Å²) in [6.45, 7) is 3.28. The van der Waals surface area contributed by atoms with Gasteiger partial charge in [-0.15, -0.1) is 0 Å². The van der Waals surface area contributed by atoms with Gasteiger partial charge in [0, 0.05) is 6.07 Å². The summed E-state index contributed by atoms with van der Waals surface area (Å²) in [5, 5.41) is 13.8. The summed E-state index contributed by atoms with van der Waals surface area (Å²) in [5.41, 5.74) is 0.0125. The van der Waals surface area contributed by atoms with Crippen LogP contribution >= 0.6 is 0 Å². The monoisotopic (exact) mass is 429 g/mol. The summed E-state index contributed by atoms with van der Waals surface area (Å²) < 4.78 is 15.3. The summed E-state index contributed by atoms with van der Waals surface area (Å²) >= 11 is 0. The lowest BCUT2D eigenvalue weighted by atomic mass is 10.1. The van der Waals surface area contributed by atoms with Crippen LogP contribution in [-0.4, -0.2) is 40.9 Å². The molecule has 1 saturated heterocycles. The van der Waals surface area contributed by atoms with Crippen LogP contribution in [-0.2, 0) is 16.1 Å². The van der Waals surface area contributed by atoms with Crippen molar-refractivity contribution in [2.45, 2.75) is 26.5 Å². The summed E-state index contributed by atoms with van der Waals surface area (Å²) in [4.78, 5) is 48.0. The van der Waals surface area contributed by atoms with Crippen LogP contribution in [0.4, 0.5) is 10.5 Å². The molecule has 162 valence electrons. The van der Waals surface area contributed by atoms with Crippen LogP contribution in [0.2, 0.25) is 0 Å². The second-order valence-corrected chi connectivity index (χ2v) is 6.79. The number of hydrogen-bond acceptors (Lipinski definition) is 8. The molecule has 1 N–H and O–H groups in total. The van der Waals surface area contributed by atoms with Gasteiger partial charge in [0.1, 0.15) is 11.5 Å². The molecule has 1 aromatic carbocycles. The third-order valence-corrected chi connectivity index (χ3v) is 4.18. The van der Waals surface area contributed by atoms with Crippen LogP contribution in [0, 0.1) is 10.1 Å². The number of urea groups is 1. The van der Waals surface area contributed by atoms with Crippen LogP contribution in [0.5, 0.6) is 5.75 Å². The largest absolute Gasteiger partial charge is 0.484 e. The lowest BCUT2D eigenvalue weighted by Gasteiger charge is -2.10. The van der Waals surface area contributed by atoms with Crippen molar-refractivity contribution in [2.24, 2.45) is 0 Å². The Labute approximate surface area is 176 Å². The van der Waals surface area contributed by atoms with E-state index < -0.39 is 22.8 Å². The van der Waals surface area contributed by atoms with Crippen molar-refractivity contribution in [1.82, 2.24) is 10.2 Å². The maximum absolute atomic E-state index is 12.6. The molecule has 11 heteroatoms. The first-order chi connectivity index (χ1) is 14.7. The number of methoxy groups -OCH3 is 1. The molecule has 1 aliphatic heterocycles. The average molecular weight is 429 g/mol. The average Bonchev–Trinajstić information content (AvgIpc) is 3.28. The zero-order valence-electron chi connectivity index (χ0n) is 16.9. The van der Waals surface area contributed by atoms with Gasteiger partial charge in [-0.2, -0.15) is 0 Å². The smallest absolute Gasteiger partial charge is 0.373 e. The van der Waals surface area contributed by atoms with Gasteiger partial charge in [0.05, 0.1) is 24.7 Å². The van der Waals surface area contributed by atoms with E-state index in [-0.39, 0.29) is 41.3 Å². The van der Waals surface area contributed by atoms with E-state index in [0.29, 0.717) is 5.56 Å². The van der Waals surface area contributed by atoms with Crippen LogP contribution < -0.4 is 10.1 Å². The van der Waals surface area contributed by atoms with E-state index in [9.17, 15) is 24.5 Å². The number of furan rings is 1. The number of nitro benzene ring substituents is 1. The zero-order chi connectivity index (χ0) is 22.7. The molecule has 31 heavy (non-hydrogen) atoms. The summed E-state index contributed by atoms with van der Waals surface area (Å²) in [6, 6.07) is 6.35. The predicted molar refractivity (Wildman–Crippen MR) is 106 cm³/mol. The summed E-state index contributed by atoms with van der Waals surface area (Å²) in [6.07, 6.45) is 1.07. The lowest BCUT2D eigenvalue weighted by Crippen LogP contribution is -2.30. The molecule has 0 spiro atoms. The van der Waals surface area contributed by atoms with E-state index >= 15 is 0 Å². The van der Waals surface area contributed by atoms with Gasteiger partial charge in [0.2, 0.25) is 5.76 Å². The number of carbonyl (C=O) groups excluding carboxylic acids is 3. The van der Waals surface area contributed by atoms with Crippen LogP contribution in [0.3, 0.4) is 0 Å². The second-order valence-electron chi connectivity index (χ2n) is 6.79. The molecule has 2 aromatic rings. The maximum atomic E-state index is 12.6. The van der Waals surface area contributed by atoms with Gasteiger partial charge in [-0.05, 0) is 43.7 Å². The molecule has 0 radical (unpaired) electrons. The van der Waals surface area contributed by atoms with Gasteiger partial charge in [0.15, 0.2) is 5.75 Å². The molecular weight excluding hydrogens is 410 g/mol. The Morgan fingerprint density at radius 3 is 2.68 bits per heavy atom. The van der Waals surface area contributed by atoms with Crippen molar-refractivity contribution in [1.29, 1.82) is 0 Å². The molecule has 3 rings (SSSR count). The molecule has 1 aliphatic rings. The molecule has 0 aliphatic carbocycles. The van der Waals surface area contributed by atoms with Crippen molar-refractivity contribution >= 4 is 29.7 Å². The molecule has 1 aromatic heterocycles. The SMILES string of the molecule is COC(=O)c1ccc(CN2C(=O)NC(=Cc3ccc(OC(C)C)c([N+](=O)[O-])c3)C2=O)o1. The Balaban J connectivity index is 1.81. The number of benzene rings is 1. The molecule has 0 unspecified atom stereocenters. The van der Waals surface area contributed by atoms with E-state index in [1.54, 1.807) is 13.8 Å². The van der Waals surface area contributed by atoms with Crippen molar-refractivity contribution in [3.63, 3.8) is 0 Å². The molecule has 11 nitrogen and oxygen atoms in total. The molecule has 1 fully saturated rings. The lowest BCUT2D eigenvalue weighted by molar-refractivity contribution is -0.386. The summed E-state index contributed by atoms with van der Waals surface area (Å²) in [7, 11) is 1.20. The minimum atomic E-state index is -0.693. The fourth-order valence-corrected chi connectivity index (χ4v) is 2.83. The first-order valence-electron chi connectivity index (χ1n) is 9.16. The van der Waals surface area contributed by atoms with Gasteiger partial charge >= 0.3 is 17.7 Å². The predicted octanol–water partition coefficient (Wildman–Crippen LogP) is 2.85. The number of hydrogen-bond donors (Lipinski definition) is 1. The highest BCUT2D eigenvalue weighted by atomic mass is 16.6. The maximum Gasteiger partial charge on any atom is 0.373 e. The van der Waals surface area contributed by atoms with E-state index in [1.807, 2.05) is 0 Å². The van der Waals surface area contributed by atoms with Gasteiger partial charge in [0.25, 0.3) is 5.91 Å². The third kappa shape index (κ3) is 4.71. The third-order valence-electron chi connectivity index (χ3n) is 4.18.